The van der Waals surface area contributed by atoms with Crippen LogP contribution in [0.5, 0.6) is 0 Å². The van der Waals surface area contributed by atoms with Crippen LogP contribution in [0.2, 0.25) is 0 Å². The van der Waals surface area contributed by atoms with Crippen molar-refractivity contribution in [2.45, 2.75) is 13.8 Å². The lowest BCUT2D eigenvalue weighted by Crippen LogP contribution is -1.94. The number of aryl methyl sites for hydroxylation is 2. The highest BCUT2D eigenvalue weighted by Gasteiger charge is 2.17. The van der Waals surface area contributed by atoms with Crippen LogP contribution in [-0.4, -0.2) is 24.9 Å². The fourth-order valence-corrected chi connectivity index (χ4v) is 7.46. The van der Waals surface area contributed by atoms with E-state index in [-0.39, 0.29) is 0 Å². The molecule has 10 aromatic rings. The van der Waals surface area contributed by atoms with Gasteiger partial charge in [-0.15, -0.1) is 0 Å². The molecule has 5 nitrogen and oxygen atoms in total. The van der Waals surface area contributed by atoms with Crippen LogP contribution in [0.4, 0.5) is 0 Å². The lowest BCUT2D eigenvalue weighted by molar-refractivity contribution is 1.06. The third-order valence-electron chi connectivity index (χ3n) is 10.3. The quantitative estimate of drug-likeness (QED) is 0.159. The summed E-state index contributed by atoms with van der Waals surface area (Å²) < 4.78 is 0. The van der Waals surface area contributed by atoms with Gasteiger partial charge in [0.1, 0.15) is 5.82 Å². The van der Waals surface area contributed by atoms with Crippen LogP contribution in [0.3, 0.4) is 0 Å². The molecule has 0 fully saturated rings. The zero-order valence-electron chi connectivity index (χ0n) is 32.3. The molecule has 0 bridgehead atoms. The summed E-state index contributed by atoms with van der Waals surface area (Å²) >= 11 is 0. The zero-order chi connectivity index (χ0) is 39.3. The second-order valence-corrected chi connectivity index (χ2v) is 14.2. The van der Waals surface area contributed by atoms with E-state index in [9.17, 15) is 0 Å². The first kappa shape index (κ1) is 36.0. The van der Waals surface area contributed by atoms with Gasteiger partial charge in [0, 0.05) is 30.4 Å². The molecule has 0 aliphatic heterocycles. The molecule has 0 radical (unpaired) electrons. The Kier molecular flexibility index (Phi) is 10.1. The Morgan fingerprint density at radius 2 is 0.724 bits per heavy atom. The summed E-state index contributed by atoms with van der Waals surface area (Å²) in [7, 11) is 0. The molecule has 58 heavy (non-hydrogen) atoms. The molecule has 6 aromatic carbocycles. The number of pyridine rings is 3. The van der Waals surface area contributed by atoms with Gasteiger partial charge in [0.15, 0.2) is 0 Å². The zero-order valence-corrected chi connectivity index (χ0v) is 32.3. The lowest BCUT2D eigenvalue weighted by Gasteiger charge is -2.18. The van der Waals surface area contributed by atoms with Gasteiger partial charge < -0.3 is 0 Å². The third-order valence-corrected chi connectivity index (χ3v) is 10.3. The SMILES string of the molecule is Cc1ccc(-c2c3ccccc3c(-c3ccc(-c4cc(-c5ccccn5)nc(-c5ccccn5)c4)cc3)c3ccccc23)cc1.Cc1ncc(-c2ccccc2)cn1. The van der Waals surface area contributed by atoms with Crippen LogP contribution < -0.4 is 0 Å². The fraction of sp³-hybridized carbons (Fsp3) is 0.0377. The molecule has 276 valence electrons. The van der Waals surface area contributed by atoms with Gasteiger partial charge in [-0.2, -0.15) is 0 Å². The fourth-order valence-electron chi connectivity index (χ4n) is 7.46. The van der Waals surface area contributed by atoms with E-state index >= 15 is 0 Å². The van der Waals surface area contributed by atoms with Gasteiger partial charge in [0.2, 0.25) is 0 Å². The lowest BCUT2D eigenvalue weighted by atomic mass is 9.85. The average molecular weight is 746 g/mol. The van der Waals surface area contributed by atoms with E-state index in [1.807, 2.05) is 86.0 Å². The normalized spacial score (nSPS) is 10.9. The van der Waals surface area contributed by atoms with Gasteiger partial charge >= 0.3 is 0 Å². The van der Waals surface area contributed by atoms with Crippen LogP contribution in [0.1, 0.15) is 11.4 Å². The molecular formula is C53H39N5. The molecule has 10 rings (SSSR count). The highest BCUT2D eigenvalue weighted by Crippen LogP contribution is 2.44. The molecule has 0 aliphatic carbocycles. The van der Waals surface area contributed by atoms with Crippen molar-refractivity contribution >= 4 is 21.5 Å². The Hall–Kier alpha value is -7.63. The minimum absolute atomic E-state index is 0.805. The number of hydrogen-bond donors (Lipinski definition) is 0. The third kappa shape index (κ3) is 7.49. The number of rotatable bonds is 6. The molecule has 0 amide bonds. The molecule has 0 atom stereocenters. The van der Waals surface area contributed by atoms with Crippen molar-refractivity contribution in [3.63, 3.8) is 0 Å². The number of aromatic nitrogens is 5. The summed E-state index contributed by atoms with van der Waals surface area (Å²) in [6, 6.07) is 61.5. The molecule has 0 N–H and O–H groups in total. The number of fused-ring (bicyclic) bond motifs is 2. The summed E-state index contributed by atoms with van der Waals surface area (Å²) in [5, 5.41) is 5.01. The molecule has 0 saturated carbocycles. The monoisotopic (exact) mass is 745 g/mol. The predicted molar refractivity (Wildman–Crippen MR) is 239 cm³/mol. The van der Waals surface area contributed by atoms with Crippen LogP contribution in [-0.2, 0) is 0 Å². The molecule has 4 aromatic heterocycles. The second-order valence-electron chi connectivity index (χ2n) is 14.2. The van der Waals surface area contributed by atoms with E-state index in [4.69, 9.17) is 4.98 Å². The maximum atomic E-state index is 4.95. The molecule has 5 heteroatoms. The minimum Gasteiger partial charge on any atom is -0.255 e. The highest BCUT2D eigenvalue weighted by molar-refractivity contribution is 6.21. The maximum Gasteiger partial charge on any atom is 0.125 e. The summed E-state index contributed by atoms with van der Waals surface area (Å²) in [4.78, 5) is 22.4. The topological polar surface area (TPSA) is 64.5 Å². The Morgan fingerprint density at radius 3 is 1.19 bits per heavy atom. The Balaban J connectivity index is 0.000000285. The first-order chi connectivity index (χ1) is 28.6. The van der Waals surface area contributed by atoms with E-state index in [0.29, 0.717) is 0 Å². The molecule has 0 spiro atoms. The Morgan fingerprint density at radius 1 is 0.310 bits per heavy atom. The van der Waals surface area contributed by atoms with Crippen LogP contribution in [0.15, 0.2) is 201 Å². The van der Waals surface area contributed by atoms with E-state index in [1.165, 1.54) is 49.4 Å². The molecule has 0 aliphatic rings. The van der Waals surface area contributed by atoms with Crippen molar-refractivity contribution in [1.82, 2.24) is 24.9 Å². The molecule has 0 saturated heterocycles. The van der Waals surface area contributed by atoms with E-state index in [2.05, 4.69) is 136 Å². The molecule has 0 unspecified atom stereocenters. The summed E-state index contributed by atoms with van der Waals surface area (Å²) in [6.45, 7) is 4.02. The van der Waals surface area contributed by atoms with E-state index in [1.54, 1.807) is 12.4 Å². The average Bonchev–Trinajstić information content (AvgIpc) is 3.30. The molecular weight excluding hydrogens is 707 g/mol. The minimum atomic E-state index is 0.805. The van der Waals surface area contributed by atoms with Crippen LogP contribution in [0.25, 0.3) is 88.8 Å². The summed E-state index contributed by atoms with van der Waals surface area (Å²) in [6.07, 6.45) is 7.30. The number of nitrogens with zero attached hydrogens (tertiary/aromatic N) is 5. The van der Waals surface area contributed by atoms with Crippen molar-refractivity contribution in [2.75, 3.05) is 0 Å². The van der Waals surface area contributed by atoms with Gasteiger partial charge in [-0.1, -0.05) is 145 Å². The van der Waals surface area contributed by atoms with Crippen molar-refractivity contribution in [1.29, 1.82) is 0 Å². The Bertz CT molecular complexity index is 2850. The van der Waals surface area contributed by atoms with Crippen molar-refractivity contribution in [2.24, 2.45) is 0 Å². The van der Waals surface area contributed by atoms with Gasteiger partial charge in [0.25, 0.3) is 0 Å². The van der Waals surface area contributed by atoms with Gasteiger partial charge in [0.05, 0.1) is 22.8 Å². The summed E-state index contributed by atoms with van der Waals surface area (Å²) in [5.74, 6) is 0.805. The highest BCUT2D eigenvalue weighted by atomic mass is 14.8. The van der Waals surface area contributed by atoms with Crippen molar-refractivity contribution in [3.05, 3.63) is 212 Å². The maximum absolute atomic E-state index is 4.95. The van der Waals surface area contributed by atoms with Gasteiger partial charge in [-0.25, -0.2) is 15.0 Å². The smallest absolute Gasteiger partial charge is 0.125 e. The molecule has 4 heterocycles. The summed E-state index contributed by atoms with van der Waals surface area (Å²) in [5.41, 5.74) is 13.9. The van der Waals surface area contributed by atoms with Crippen molar-refractivity contribution < 1.29 is 0 Å². The first-order valence-corrected chi connectivity index (χ1v) is 19.4. The second kappa shape index (κ2) is 16.2. The predicted octanol–water partition coefficient (Wildman–Crippen LogP) is 13.3. The standard InChI is InChI=1S/C42H29N3.C11H10N2/c1-28-16-18-30(19-17-28)41-33-10-2-4-12-35(33)42(36-13-5-3-11-34(36)41)31-22-20-29(21-23-31)32-26-39(37-14-6-8-24-43-37)45-40(27-32)38-15-7-9-25-44-38;1-9-12-7-11(8-13-9)10-5-3-2-4-6-10/h2-27H,1H3;2-8H,1H3. The number of benzene rings is 6. The van der Waals surface area contributed by atoms with Crippen LogP contribution in [0, 0.1) is 13.8 Å². The van der Waals surface area contributed by atoms with E-state index in [0.717, 1.165) is 50.9 Å². The first-order valence-electron chi connectivity index (χ1n) is 19.4. The van der Waals surface area contributed by atoms with Gasteiger partial charge in [-0.3, -0.25) is 9.97 Å². The number of hydrogen-bond acceptors (Lipinski definition) is 5. The van der Waals surface area contributed by atoms with Crippen molar-refractivity contribution in [3.8, 4) is 67.3 Å². The Labute approximate surface area is 338 Å². The van der Waals surface area contributed by atoms with E-state index < -0.39 is 0 Å². The van der Waals surface area contributed by atoms with Gasteiger partial charge in [-0.05, 0) is 111 Å². The largest absolute Gasteiger partial charge is 0.255 e. The van der Waals surface area contributed by atoms with Crippen LogP contribution >= 0.6 is 0 Å².